The summed E-state index contributed by atoms with van der Waals surface area (Å²) in [6, 6.07) is 0.626. The fourth-order valence-electron chi connectivity index (χ4n) is 5.30. The maximum atomic E-state index is 2.58. The average molecular weight is 462 g/mol. The highest BCUT2D eigenvalue weighted by Crippen LogP contribution is 2.21. The van der Waals surface area contributed by atoms with E-state index < -0.39 is 0 Å². The molecule has 33 heavy (non-hydrogen) atoms. The van der Waals surface area contributed by atoms with Gasteiger partial charge in [-0.25, -0.2) is 9.13 Å². The van der Waals surface area contributed by atoms with Gasteiger partial charge >= 0.3 is 0 Å². The van der Waals surface area contributed by atoms with Crippen molar-refractivity contribution in [1.29, 1.82) is 0 Å². The number of nitrogens with zero attached hydrogens (tertiary/aromatic N) is 2. The van der Waals surface area contributed by atoms with Gasteiger partial charge < -0.3 is 0 Å². The Morgan fingerprint density at radius 2 is 1.03 bits per heavy atom. The van der Waals surface area contributed by atoms with Crippen molar-refractivity contribution >= 4 is 0 Å². The molecule has 1 aromatic rings. The van der Waals surface area contributed by atoms with Crippen molar-refractivity contribution < 1.29 is 4.57 Å². The molecule has 0 amide bonds. The largest absolute Gasteiger partial charge is 0.259 e. The van der Waals surface area contributed by atoms with E-state index in [9.17, 15) is 0 Å². The summed E-state index contributed by atoms with van der Waals surface area (Å²) < 4.78 is 5.13. The Morgan fingerprint density at radius 1 is 0.606 bits per heavy atom. The van der Waals surface area contributed by atoms with Gasteiger partial charge in [0.05, 0.1) is 18.5 Å². The first kappa shape index (κ1) is 30.2. The van der Waals surface area contributed by atoms with Crippen LogP contribution in [0.15, 0.2) is 12.4 Å². The zero-order chi connectivity index (χ0) is 24.2. The van der Waals surface area contributed by atoms with Crippen LogP contribution in [0.25, 0.3) is 0 Å². The number of rotatable bonds is 23. The Hall–Kier alpha value is -0.790. The molecular weight excluding hydrogens is 400 g/mol. The van der Waals surface area contributed by atoms with E-state index in [1.807, 2.05) is 0 Å². The zero-order valence-electron chi connectivity index (χ0n) is 23.6. The average Bonchev–Trinajstić information content (AvgIpc) is 3.23. The summed E-state index contributed by atoms with van der Waals surface area (Å²) in [7, 11) is 0. The lowest BCUT2D eigenvalue weighted by Crippen LogP contribution is -2.38. The van der Waals surface area contributed by atoms with E-state index in [4.69, 9.17) is 0 Å². The summed E-state index contributed by atoms with van der Waals surface area (Å²) in [6.07, 6.45) is 33.0. The first-order chi connectivity index (χ1) is 16.1. The van der Waals surface area contributed by atoms with Gasteiger partial charge in [0, 0.05) is 0 Å². The summed E-state index contributed by atoms with van der Waals surface area (Å²) in [5.74, 6) is 2.12. The molecule has 0 fully saturated rings. The fourth-order valence-corrected chi connectivity index (χ4v) is 5.30. The fraction of sp³-hybridized carbons (Fsp3) is 0.903. The molecule has 194 valence electrons. The minimum atomic E-state index is 0.592. The van der Waals surface area contributed by atoms with E-state index in [1.165, 1.54) is 141 Å². The zero-order valence-corrected chi connectivity index (χ0v) is 23.6. The number of imidazole rings is 1. The van der Waals surface area contributed by atoms with Gasteiger partial charge in [-0.2, -0.15) is 0 Å². The molecule has 1 aromatic heterocycles. The second-order valence-electron chi connectivity index (χ2n) is 11.1. The molecule has 1 atom stereocenters. The van der Waals surface area contributed by atoms with Crippen molar-refractivity contribution in [2.75, 3.05) is 0 Å². The number of hydrogen-bond donors (Lipinski definition) is 0. The van der Waals surface area contributed by atoms with E-state index in [0.29, 0.717) is 12.0 Å². The molecule has 0 N–H and O–H groups in total. The second-order valence-corrected chi connectivity index (χ2v) is 11.1. The molecule has 1 unspecified atom stereocenters. The van der Waals surface area contributed by atoms with Crippen LogP contribution in [0.4, 0.5) is 0 Å². The smallest absolute Gasteiger partial charge is 0.234 e. The van der Waals surface area contributed by atoms with Crippen LogP contribution in [0, 0.1) is 0 Å². The van der Waals surface area contributed by atoms with Gasteiger partial charge in [-0.05, 0) is 32.6 Å². The molecule has 0 radical (unpaired) electrons. The Balaban J connectivity index is 2.16. The molecule has 1 heterocycles. The Kier molecular flexibility index (Phi) is 18.9. The highest BCUT2D eigenvalue weighted by molar-refractivity contribution is 4.92. The van der Waals surface area contributed by atoms with E-state index in [2.05, 4.69) is 56.1 Å². The maximum Gasteiger partial charge on any atom is 0.259 e. The molecule has 0 aliphatic heterocycles. The van der Waals surface area contributed by atoms with E-state index in [1.54, 1.807) is 0 Å². The number of unbranched alkanes of at least 4 members (excludes halogenated alkanes) is 17. The molecule has 2 heteroatoms. The Labute approximate surface area is 208 Å². The molecule has 0 aliphatic carbocycles. The lowest BCUT2D eigenvalue weighted by atomic mass is 10.0. The van der Waals surface area contributed by atoms with Gasteiger partial charge in [0.2, 0.25) is 0 Å². The van der Waals surface area contributed by atoms with Crippen LogP contribution in [-0.4, -0.2) is 4.57 Å². The third-order valence-corrected chi connectivity index (χ3v) is 7.44. The van der Waals surface area contributed by atoms with E-state index in [0.717, 1.165) is 0 Å². The lowest BCUT2D eigenvalue weighted by molar-refractivity contribution is -0.705. The molecule has 0 spiro atoms. The molecule has 2 nitrogen and oxygen atoms in total. The van der Waals surface area contributed by atoms with Gasteiger partial charge in [0.1, 0.15) is 12.4 Å². The van der Waals surface area contributed by atoms with Crippen LogP contribution in [0.2, 0.25) is 0 Å². The van der Waals surface area contributed by atoms with Crippen LogP contribution >= 0.6 is 0 Å². The number of aromatic nitrogens is 2. The summed E-state index contributed by atoms with van der Waals surface area (Å²) >= 11 is 0. The van der Waals surface area contributed by atoms with Crippen molar-refractivity contribution in [3.8, 4) is 0 Å². The number of hydrogen-bond acceptors (Lipinski definition) is 0. The molecule has 0 saturated carbocycles. The van der Waals surface area contributed by atoms with Gasteiger partial charge in [0.25, 0.3) is 5.82 Å². The normalized spacial score (nSPS) is 12.7. The summed E-state index contributed by atoms with van der Waals surface area (Å²) in [5, 5.41) is 0. The quantitative estimate of drug-likeness (QED) is 0.113. The predicted octanol–water partition coefficient (Wildman–Crippen LogP) is 10.3. The highest BCUT2D eigenvalue weighted by Gasteiger charge is 2.23. The van der Waals surface area contributed by atoms with Crippen LogP contribution in [0.1, 0.15) is 181 Å². The maximum absolute atomic E-state index is 2.58. The first-order valence-electron chi connectivity index (χ1n) is 15.2. The molecule has 0 aliphatic rings. The van der Waals surface area contributed by atoms with Gasteiger partial charge in [-0.3, -0.25) is 0 Å². The topological polar surface area (TPSA) is 8.81 Å². The van der Waals surface area contributed by atoms with Crippen molar-refractivity contribution in [2.45, 2.75) is 182 Å². The van der Waals surface area contributed by atoms with Gasteiger partial charge in [-0.1, -0.05) is 130 Å². The molecular formula is C31H61N2+. The molecule has 0 aromatic carbocycles. The Morgan fingerprint density at radius 3 is 1.48 bits per heavy atom. The Bertz CT molecular complexity index is 545. The standard InChI is InChI=1S/C31H61N2/c1-6-8-10-12-13-14-15-16-17-18-19-20-22-24-26-32-27-28-33(31(32)29(3)4)30(5)25-23-21-11-9-7-2/h27-30H,6-26H2,1-5H3/q+1. The minimum absolute atomic E-state index is 0.592. The van der Waals surface area contributed by atoms with Crippen LogP contribution in [0.3, 0.4) is 0 Å². The highest BCUT2D eigenvalue weighted by atomic mass is 15.2. The van der Waals surface area contributed by atoms with Crippen LogP contribution in [0.5, 0.6) is 0 Å². The molecule has 1 rings (SSSR count). The van der Waals surface area contributed by atoms with E-state index in [-0.39, 0.29) is 0 Å². The van der Waals surface area contributed by atoms with Gasteiger partial charge in [0.15, 0.2) is 0 Å². The van der Waals surface area contributed by atoms with Crippen molar-refractivity contribution in [1.82, 2.24) is 4.57 Å². The van der Waals surface area contributed by atoms with Gasteiger partial charge in [-0.15, -0.1) is 0 Å². The summed E-state index contributed by atoms with van der Waals surface area (Å²) in [4.78, 5) is 0. The SMILES string of the molecule is CCCCCCCCCCCCCCCC[n+]1ccn(C(C)CCCCCCC)c1C(C)C. The lowest BCUT2D eigenvalue weighted by Gasteiger charge is -2.14. The summed E-state index contributed by atoms with van der Waals surface area (Å²) in [6.45, 7) is 12.9. The van der Waals surface area contributed by atoms with Crippen LogP contribution < -0.4 is 4.57 Å². The third-order valence-electron chi connectivity index (χ3n) is 7.44. The van der Waals surface area contributed by atoms with Crippen molar-refractivity contribution in [3.05, 3.63) is 18.2 Å². The van der Waals surface area contributed by atoms with Crippen molar-refractivity contribution in [3.63, 3.8) is 0 Å². The minimum Gasteiger partial charge on any atom is -0.234 e. The predicted molar refractivity (Wildman–Crippen MR) is 147 cm³/mol. The van der Waals surface area contributed by atoms with E-state index >= 15 is 0 Å². The number of aryl methyl sites for hydroxylation is 1. The first-order valence-corrected chi connectivity index (χ1v) is 15.2. The molecule has 0 saturated heterocycles. The second kappa shape index (κ2) is 20.6. The monoisotopic (exact) mass is 461 g/mol. The van der Waals surface area contributed by atoms with Crippen molar-refractivity contribution in [2.24, 2.45) is 0 Å². The molecule has 0 bridgehead atoms. The third kappa shape index (κ3) is 14.3. The van der Waals surface area contributed by atoms with Crippen LogP contribution in [-0.2, 0) is 6.54 Å². The summed E-state index contributed by atoms with van der Waals surface area (Å²) in [5.41, 5.74) is 0.